The minimum absolute atomic E-state index is 0.115. The first-order chi connectivity index (χ1) is 18.4. The first kappa shape index (κ1) is 26.5. The molecule has 6 heteroatoms. The van der Waals surface area contributed by atoms with Crippen LogP contribution in [-0.4, -0.2) is 28.8 Å². The van der Waals surface area contributed by atoms with Crippen molar-refractivity contribution in [2.24, 2.45) is 0 Å². The van der Waals surface area contributed by atoms with Gasteiger partial charge in [0.15, 0.2) is 0 Å². The van der Waals surface area contributed by atoms with Gasteiger partial charge in [-0.3, -0.25) is 9.59 Å². The summed E-state index contributed by atoms with van der Waals surface area (Å²) in [7, 11) is 1.62. The lowest BCUT2D eigenvalue weighted by atomic mass is 10.1. The molecule has 1 amide bonds. The molecular formula is C32H31NO5. The molecule has 0 saturated heterocycles. The Morgan fingerprint density at radius 3 is 2.11 bits per heavy atom. The molecule has 0 fully saturated rings. The van der Waals surface area contributed by atoms with E-state index < -0.39 is 0 Å². The number of amides is 1. The van der Waals surface area contributed by atoms with Crippen molar-refractivity contribution in [1.82, 2.24) is 4.90 Å². The Morgan fingerprint density at radius 1 is 0.789 bits per heavy atom. The van der Waals surface area contributed by atoms with Crippen molar-refractivity contribution in [2.75, 3.05) is 7.11 Å². The molecule has 0 unspecified atom stereocenters. The fraction of sp³-hybridized carbons (Fsp3) is 0.188. The summed E-state index contributed by atoms with van der Waals surface area (Å²) in [5.74, 6) is 1.49. The smallest absolute Gasteiger partial charge is 0.254 e. The van der Waals surface area contributed by atoms with Crippen LogP contribution in [0.2, 0.25) is 0 Å². The van der Waals surface area contributed by atoms with Crippen LogP contribution in [0.25, 0.3) is 0 Å². The zero-order valence-electron chi connectivity index (χ0n) is 21.6. The van der Waals surface area contributed by atoms with Crippen LogP contribution in [0.3, 0.4) is 0 Å². The highest BCUT2D eigenvalue weighted by atomic mass is 16.5. The van der Waals surface area contributed by atoms with Crippen molar-refractivity contribution in [3.05, 3.63) is 125 Å². The van der Waals surface area contributed by atoms with Gasteiger partial charge in [-0.25, -0.2) is 0 Å². The number of phenolic OH excluding ortho intramolecular Hbond substituents is 1. The number of ketones is 1. The Bertz CT molecular complexity index is 1370. The third kappa shape index (κ3) is 7.23. The predicted octanol–water partition coefficient (Wildman–Crippen LogP) is 5.95. The third-order valence-corrected chi connectivity index (χ3v) is 6.11. The van der Waals surface area contributed by atoms with E-state index in [-0.39, 0.29) is 24.0 Å². The van der Waals surface area contributed by atoms with Gasteiger partial charge in [0, 0.05) is 30.6 Å². The summed E-state index contributed by atoms with van der Waals surface area (Å²) in [6.45, 7) is 2.67. The Balaban J connectivity index is 1.53. The number of phenols is 1. The van der Waals surface area contributed by atoms with E-state index >= 15 is 0 Å². The van der Waals surface area contributed by atoms with Crippen molar-refractivity contribution in [2.45, 2.75) is 33.0 Å². The molecule has 0 atom stereocenters. The number of ether oxygens (including phenoxy) is 2. The molecular weight excluding hydrogens is 478 g/mol. The third-order valence-electron chi connectivity index (χ3n) is 6.11. The highest BCUT2D eigenvalue weighted by Gasteiger charge is 2.18. The van der Waals surface area contributed by atoms with Crippen LogP contribution in [0.5, 0.6) is 17.2 Å². The maximum Gasteiger partial charge on any atom is 0.254 e. The van der Waals surface area contributed by atoms with Gasteiger partial charge >= 0.3 is 0 Å². The van der Waals surface area contributed by atoms with Crippen LogP contribution in [0.15, 0.2) is 97.1 Å². The monoisotopic (exact) mass is 509 g/mol. The van der Waals surface area contributed by atoms with Gasteiger partial charge in [0.25, 0.3) is 5.91 Å². The van der Waals surface area contributed by atoms with E-state index in [0.717, 1.165) is 22.3 Å². The number of hydrogen-bond acceptors (Lipinski definition) is 5. The fourth-order valence-electron chi connectivity index (χ4n) is 4.21. The molecule has 0 bridgehead atoms. The molecule has 4 aromatic carbocycles. The number of rotatable bonds is 11. The van der Waals surface area contributed by atoms with Crippen LogP contribution >= 0.6 is 0 Å². The van der Waals surface area contributed by atoms with Crippen molar-refractivity contribution < 1.29 is 24.2 Å². The van der Waals surface area contributed by atoms with Crippen molar-refractivity contribution in [1.29, 1.82) is 0 Å². The number of carbonyl (C=O) groups excluding carboxylic acids is 2. The van der Waals surface area contributed by atoms with Gasteiger partial charge in [0.2, 0.25) is 0 Å². The molecule has 0 spiro atoms. The van der Waals surface area contributed by atoms with E-state index in [1.165, 1.54) is 12.1 Å². The number of carbonyl (C=O) groups is 2. The summed E-state index contributed by atoms with van der Waals surface area (Å²) in [4.78, 5) is 26.6. The number of benzene rings is 4. The Labute approximate surface area is 223 Å². The van der Waals surface area contributed by atoms with Crippen LogP contribution in [-0.2, 0) is 30.9 Å². The van der Waals surface area contributed by atoms with Crippen LogP contribution in [0.4, 0.5) is 0 Å². The molecule has 0 aliphatic heterocycles. The quantitative estimate of drug-likeness (QED) is 0.270. The minimum atomic E-state index is -0.131. The van der Waals surface area contributed by atoms with Crippen molar-refractivity contribution >= 4 is 11.7 Å². The van der Waals surface area contributed by atoms with E-state index in [0.29, 0.717) is 36.6 Å². The number of hydrogen-bond donors (Lipinski definition) is 1. The summed E-state index contributed by atoms with van der Waals surface area (Å²) >= 11 is 0. The van der Waals surface area contributed by atoms with Crippen LogP contribution < -0.4 is 9.47 Å². The lowest BCUT2D eigenvalue weighted by Gasteiger charge is -2.24. The number of methoxy groups -OCH3 is 1. The molecule has 6 nitrogen and oxygen atoms in total. The minimum Gasteiger partial charge on any atom is -0.508 e. The summed E-state index contributed by atoms with van der Waals surface area (Å²) in [6.07, 6.45) is 0.401. The number of aromatic hydroxyl groups is 1. The highest BCUT2D eigenvalue weighted by Crippen LogP contribution is 2.25. The zero-order chi connectivity index (χ0) is 26.9. The van der Waals surface area contributed by atoms with E-state index in [1.54, 1.807) is 31.1 Å². The lowest BCUT2D eigenvalue weighted by Crippen LogP contribution is -2.30. The molecule has 38 heavy (non-hydrogen) atoms. The molecule has 0 aliphatic rings. The molecule has 0 saturated carbocycles. The maximum absolute atomic E-state index is 13.5. The molecule has 4 rings (SSSR count). The Morgan fingerprint density at radius 2 is 1.45 bits per heavy atom. The van der Waals surface area contributed by atoms with Crippen molar-refractivity contribution in [3.8, 4) is 17.2 Å². The fourth-order valence-corrected chi connectivity index (χ4v) is 4.21. The van der Waals surface area contributed by atoms with Gasteiger partial charge in [0.1, 0.15) is 29.6 Å². The van der Waals surface area contributed by atoms with Gasteiger partial charge < -0.3 is 19.5 Å². The van der Waals surface area contributed by atoms with E-state index in [4.69, 9.17) is 9.47 Å². The summed E-state index contributed by atoms with van der Waals surface area (Å²) < 4.78 is 11.6. The van der Waals surface area contributed by atoms with Gasteiger partial charge in [-0.05, 0) is 72.1 Å². The molecule has 1 N–H and O–H groups in total. The normalized spacial score (nSPS) is 10.6. The maximum atomic E-state index is 13.5. The second-order valence-corrected chi connectivity index (χ2v) is 9.15. The molecule has 0 heterocycles. The topological polar surface area (TPSA) is 76.1 Å². The molecule has 194 valence electrons. The van der Waals surface area contributed by atoms with Gasteiger partial charge in [-0.1, -0.05) is 48.5 Å². The Hall–Kier alpha value is -4.58. The standard InChI is InChI=1S/C32H31NO5/c1-23(34)18-24-8-15-30(16-9-24)38-22-28-19-26(10-17-31(28)37-2)21-33(20-25-6-4-3-5-7-25)32(36)27-11-13-29(35)14-12-27/h3-17,19,35H,18,20-22H2,1-2H3. The molecule has 0 aliphatic carbocycles. The van der Waals surface area contributed by atoms with E-state index in [2.05, 4.69) is 0 Å². The second-order valence-electron chi connectivity index (χ2n) is 9.15. The van der Waals surface area contributed by atoms with E-state index in [1.807, 2.05) is 72.8 Å². The molecule has 0 aromatic heterocycles. The molecule has 4 aromatic rings. The summed E-state index contributed by atoms with van der Waals surface area (Å²) in [6, 6.07) is 29.4. The van der Waals surface area contributed by atoms with E-state index in [9.17, 15) is 14.7 Å². The van der Waals surface area contributed by atoms with Gasteiger partial charge in [0.05, 0.1) is 7.11 Å². The predicted molar refractivity (Wildman–Crippen MR) is 146 cm³/mol. The van der Waals surface area contributed by atoms with Gasteiger partial charge in [-0.2, -0.15) is 0 Å². The first-order valence-electron chi connectivity index (χ1n) is 12.4. The first-order valence-corrected chi connectivity index (χ1v) is 12.4. The zero-order valence-corrected chi connectivity index (χ0v) is 21.6. The average Bonchev–Trinajstić information content (AvgIpc) is 2.93. The average molecular weight is 510 g/mol. The van der Waals surface area contributed by atoms with Crippen molar-refractivity contribution in [3.63, 3.8) is 0 Å². The second kappa shape index (κ2) is 12.6. The SMILES string of the molecule is COc1ccc(CN(Cc2ccccc2)C(=O)c2ccc(O)cc2)cc1COc1ccc(CC(C)=O)cc1. The summed E-state index contributed by atoms with van der Waals surface area (Å²) in [5, 5.41) is 9.65. The summed E-state index contributed by atoms with van der Waals surface area (Å²) in [5.41, 5.74) is 4.26. The van der Waals surface area contributed by atoms with Crippen LogP contribution in [0.1, 0.15) is 39.5 Å². The van der Waals surface area contributed by atoms with Crippen LogP contribution in [0, 0.1) is 0 Å². The number of Topliss-reactive ketones (excluding diaryl/α,β-unsaturated/α-hetero) is 1. The highest BCUT2D eigenvalue weighted by molar-refractivity contribution is 5.94. The largest absolute Gasteiger partial charge is 0.508 e. The lowest BCUT2D eigenvalue weighted by molar-refractivity contribution is -0.116. The number of nitrogens with zero attached hydrogens (tertiary/aromatic N) is 1. The van der Waals surface area contributed by atoms with Gasteiger partial charge in [-0.15, -0.1) is 0 Å². The Kier molecular flexibility index (Phi) is 8.77. The molecule has 0 radical (unpaired) electrons.